The topological polar surface area (TPSA) is 44.4 Å². The van der Waals surface area contributed by atoms with Gasteiger partial charge in [0.1, 0.15) is 5.82 Å². The van der Waals surface area contributed by atoms with E-state index in [1.165, 1.54) is 6.07 Å². The molecule has 0 bridgehead atoms. The average molecular weight is 279 g/mol. The Hall–Kier alpha value is -1.62. The number of hydrogen-bond acceptors (Lipinski definition) is 3. The maximum atomic E-state index is 13.5. The van der Waals surface area contributed by atoms with Gasteiger partial charge in [-0.25, -0.2) is 4.39 Å². The van der Waals surface area contributed by atoms with Crippen LogP contribution in [0.1, 0.15) is 25.3 Å². The zero-order valence-corrected chi connectivity index (χ0v) is 11.9. The molecule has 0 radical (unpaired) electrons. The zero-order chi connectivity index (χ0) is 14.4. The molecule has 110 valence electrons. The van der Waals surface area contributed by atoms with E-state index in [-0.39, 0.29) is 11.7 Å². The van der Waals surface area contributed by atoms with Crippen molar-refractivity contribution in [3.8, 4) is 0 Å². The molecule has 4 nitrogen and oxygen atoms in total. The Morgan fingerprint density at radius 3 is 3.05 bits per heavy atom. The Morgan fingerprint density at radius 2 is 2.25 bits per heavy atom. The molecule has 1 fully saturated rings. The van der Waals surface area contributed by atoms with Gasteiger partial charge in [0, 0.05) is 38.3 Å². The second kappa shape index (κ2) is 7.24. The number of nitrogens with zero attached hydrogens (tertiary/aromatic N) is 1. The summed E-state index contributed by atoms with van der Waals surface area (Å²) in [6.45, 7) is 5.74. The van der Waals surface area contributed by atoms with Gasteiger partial charge >= 0.3 is 0 Å². The summed E-state index contributed by atoms with van der Waals surface area (Å²) in [6, 6.07) is 4.88. The van der Waals surface area contributed by atoms with Gasteiger partial charge in [0.25, 0.3) is 0 Å². The van der Waals surface area contributed by atoms with Gasteiger partial charge in [-0.15, -0.1) is 0 Å². The van der Waals surface area contributed by atoms with Gasteiger partial charge in [-0.3, -0.25) is 4.79 Å². The van der Waals surface area contributed by atoms with Crippen LogP contribution in [-0.4, -0.2) is 32.1 Å². The Bertz CT molecular complexity index is 464. The molecule has 1 aliphatic heterocycles. The van der Waals surface area contributed by atoms with Crippen LogP contribution >= 0.6 is 0 Å². The van der Waals surface area contributed by atoms with Gasteiger partial charge in [-0.2, -0.15) is 0 Å². The number of rotatable bonds is 5. The van der Waals surface area contributed by atoms with E-state index < -0.39 is 0 Å². The number of nitrogens with one attached hydrogen (secondary N) is 2. The highest BCUT2D eigenvalue weighted by molar-refractivity contribution is 5.77. The van der Waals surface area contributed by atoms with Crippen molar-refractivity contribution >= 4 is 11.6 Å². The minimum absolute atomic E-state index is 0.0836. The molecular weight excluding hydrogens is 257 g/mol. The predicted molar refractivity (Wildman–Crippen MR) is 78.2 cm³/mol. The largest absolute Gasteiger partial charge is 0.369 e. The number of hydrogen-bond donors (Lipinski definition) is 2. The van der Waals surface area contributed by atoms with Crippen LogP contribution in [0.15, 0.2) is 18.2 Å². The number of carbonyl (C=O) groups is 1. The third-order valence-electron chi connectivity index (χ3n) is 3.44. The number of halogens is 1. The second-order valence-electron chi connectivity index (χ2n) is 5.04. The molecule has 2 rings (SSSR count). The average Bonchev–Trinajstić information content (AvgIpc) is 2.64. The number of anilines is 1. The van der Waals surface area contributed by atoms with Gasteiger partial charge < -0.3 is 15.5 Å². The Labute approximate surface area is 119 Å². The lowest BCUT2D eigenvalue weighted by molar-refractivity contribution is -0.120. The first-order valence-corrected chi connectivity index (χ1v) is 7.21. The van der Waals surface area contributed by atoms with Gasteiger partial charge in [0.2, 0.25) is 5.91 Å². The lowest BCUT2D eigenvalue weighted by Gasteiger charge is -2.25. The van der Waals surface area contributed by atoms with E-state index in [0.717, 1.165) is 30.8 Å². The van der Waals surface area contributed by atoms with E-state index in [4.69, 9.17) is 0 Å². The summed E-state index contributed by atoms with van der Waals surface area (Å²) in [5, 5.41) is 6.16. The summed E-state index contributed by atoms with van der Waals surface area (Å²) >= 11 is 0. The van der Waals surface area contributed by atoms with Crippen molar-refractivity contribution in [3.05, 3.63) is 29.6 Å². The van der Waals surface area contributed by atoms with Crippen molar-refractivity contribution in [2.75, 3.05) is 31.1 Å². The first kappa shape index (κ1) is 14.8. The summed E-state index contributed by atoms with van der Waals surface area (Å²) in [6.07, 6.45) is 1.53. The Balaban J connectivity index is 2.14. The van der Waals surface area contributed by atoms with E-state index in [0.29, 0.717) is 26.1 Å². The number of carbonyl (C=O) groups excluding carboxylic acids is 1. The standard InChI is InChI=1S/C15H22FN3O/c1-2-6-17-11-12-10-13(16)3-4-14(12)19-8-5-15(20)18-7-9-19/h3-4,10,17H,2,5-9,11H2,1H3,(H,18,20). The molecule has 0 spiro atoms. The van der Waals surface area contributed by atoms with Crippen molar-refractivity contribution in [2.24, 2.45) is 0 Å². The van der Waals surface area contributed by atoms with Crippen molar-refractivity contribution in [2.45, 2.75) is 26.3 Å². The van der Waals surface area contributed by atoms with Crippen molar-refractivity contribution < 1.29 is 9.18 Å². The molecule has 1 aliphatic rings. The van der Waals surface area contributed by atoms with Gasteiger partial charge in [0.05, 0.1) is 0 Å². The normalized spacial score (nSPS) is 15.9. The lowest BCUT2D eigenvalue weighted by Crippen LogP contribution is -2.29. The van der Waals surface area contributed by atoms with E-state index in [1.54, 1.807) is 6.07 Å². The van der Waals surface area contributed by atoms with E-state index in [9.17, 15) is 9.18 Å². The maximum absolute atomic E-state index is 13.5. The van der Waals surface area contributed by atoms with Gasteiger partial charge in [-0.1, -0.05) is 6.92 Å². The lowest BCUT2D eigenvalue weighted by atomic mass is 10.1. The highest BCUT2D eigenvalue weighted by atomic mass is 19.1. The first-order valence-electron chi connectivity index (χ1n) is 7.21. The maximum Gasteiger partial charge on any atom is 0.221 e. The molecule has 1 saturated heterocycles. The van der Waals surface area contributed by atoms with Crippen LogP contribution in [0.25, 0.3) is 0 Å². The number of amides is 1. The molecule has 0 atom stereocenters. The molecule has 5 heteroatoms. The monoisotopic (exact) mass is 279 g/mol. The molecule has 0 aliphatic carbocycles. The Kier molecular flexibility index (Phi) is 5.35. The van der Waals surface area contributed by atoms with E-state index in [1.807, 2.05) is 6.07 Å². The van der Waals surface area contributed by atoms with Gasteiger partial charge in [-0.05, 0) is 36.7 Å². The summed E-state index contributed by atoms with van der Waals surface area (Å²) < 4.78 is 13.5. The fourth-order valence-electron chi connectivity index (χ4n) is 2.41. The smallest absolute Gasteiger partial charge is 0.221 e. The van der Waals surface area contributed by atoms with Crippen LogP contribution in [-0.2, 0) is 11.3 Å². The molecule has 0 saturated carbocycles. The summed E-state index contributed by atoms with van der Waals surface area (Å²) in [5.41, 5.74) is 1.97. The molecular formula is C15H22FN3O. The highest BCUT2D eigenvalue weighted by Gasteiger charge is 2.16. The van der Waals surface area contributed by atoms with Crippen molar-refractivity contribution in [1.82, 2.24) is 10.6 Å². The van der Waals surface area contributed by atoms with Crippen LogP contribution in [0, 0.1) is 5.82 Å². The molecule has 1 aromatic rings. The van der Waals surface area contributed by atoms with Crippen LogP contribution in [0.3, 0.4) is 0 Å². The minimum atomic E-state index is -0.217. The van der Waals surface area contributed by atoms with Crippen LogP contribution in [0.2, 0.25) is 0 Å². The summed E-state index contributed by atoms with van der Waals surface area (Å²) in [4.78, 5) is 13.6. The van der Waals surface area contributed by atoms with Gasteiger partial charge in [0.15, 0.2) is 0 Å². The summed E-state index contributed by atoms with van der Waals surface area (Å²) in [5.74, 6) is -0.133. The van der Waals surface area contributed by atoms with Crippen LogP contribution in [0.4, 0.5) is 10.1 Å². The van der Waals surface area contributed by atoms with Crippen LogP contribution in [0.5, 0.6) is 0 Å². The highest BCUT2D eigenvalue weighted by Crippen LogP contribution is 2.22. The molecule has 1 heterocycles. The van der Waals surface area contributed by atoms with E-state index in [2.05, 4.69) is 22.5 Å². The van der Waals surface area contributed by atoms with Crippen molar-refractivity contribution in [3.63, 3.8) is 0 Å². The molecule has 20 heavy (non-hydrogen) atoms. The summed E-state index contributed by atoms with van der Waals surface area (Å²) in [7, 11) is 0. The molecule has 2 N–H and O–H groups in total. The second-order valence-corrected chi connectivity index (χ2v) is 5.04. The molecule has 1 amide bonds. The SMILES string of the molecule is CCCNCc1cc(F)ccc1N1CCNC(=O)CC1. The Morgan fingerprint density at radius 1 is 1.40 bits per heavy atom. The van der Waals surface area contributed by atoms with Crippen LogP contribution < -0.4 is 15.5 Å². The zero-order valence-electron chi connectivity index (χ0n) is 11.9. The predicted octanol–water partition coefficient (Wildman–Crippen LogP) is 1.65. The minimum Gasteiger partial charge on any atom is -0.369 e. The number of benzene rings is 1. The fraction of sp³-hybridized carbons (Fsp3) is 0.533. The molecule has 0 unspecified atom stereocenters. The van der Waals surface area contributed by atoms with Crippen molar-refractivity contribution in [1.29, 1.82) is 0 Å². The molecule has 0 aromatic heterocycles. The molecule has 1 aromatic carbocycles. The van der Waals surface area contributed by atoms with E-state index >= 15 is 0 Å². The fourth-order valence-corrected chi connectivity index (χ4v) is 2.41. The third-order valence-corrected chi connectivity index (χ3v) is 3.44. The third kappa shape index (κ3) is 3.93. The first-order chi connectivity index (χ1) is 9.70. The quantitative estimate of drug-likeness (QED) is 0.806.